The average molecular weight is 262 g/mol. The van der Waals surface area contributed by atoms with Crippen molar-refractivity contribution in [1.82, 2.24) is 10.2 Å². The number of nitrogens with one attached hydrogen (secondary N) is 1. The molecule has 3 rings (SSSR count). The molecule has 1 aliphatic heterocycles. The second kappa shape index (κ2) is 3.55. The van der Waals surface area contributed by atoms with Crippen molar-refractivity contribution in [2.75, 3.05) is 6.54 Å². The van der Waals surface area contributed by atoms with E-state index < -0.39 is 23.3 Å². The van der Waals surface area contributed by atoms with Crippen LogP contribution in [0.1, 0.15) is 29.3 Å². The van der Waals surface area contributed by atoms with Gasteiger partial charge in [0.2, 0.25) is 11.5 Å². The van der Waals surface area contributed by atoms with E-state index in [-0.39, 0.29) is 17.7 Å². The maximum Gasteiger partial charge on any atom is 0.322 e. The van der Waals surface area contributed by atoms with E-state index in [0.29, 0.717) is 6.42 Å². The lowest BCUT2D eigenvalue weighted by Crippen LogP contribution is -2.59. The Morgan fingerprint density at radius 3 is 2.63 bits per heavy atom. The van der Waals surface area contributed by atoms with E-state index >= 15 is 0 Å². The lowest BCUT2D eigenvalue weighted by atomic mass is 9.99. The number of ketones is 1. The van der Waals surface area contributed by atoms with Gasteiger partial charge in [-0.2, -0.15) is 0 Å². The van der Waals surface area contributed by atoms with Gasteiger partial charge in [-0.25, -0.2) is 4.79 Å². The van der Waals surface area contributed by atoms with E-state index in [4.69, 9.17) is 0 Å². The molecular weight excluding hydrogens is 248 g/mol. The average Bonchev–Trinajstić information content (AvgIpc) is 2.69. The van der Waals surface area contributed by atoms with Crippen LogP contribution in [0.4, 0.5) is 4.79 Å². The zero-order valence-electron chi connectivity index (χ0n) is 10.4. The van der Waals surface area contributed by atoms with Crippen molar-refractivity contribution in [2.45, 2.75) is 24.8 Å². The predicted octanol–water partition coefficient (Wildman–Crippen LogP) is 0.152. The Labute approximate surface area is 109 Å². The molecule has 0 spiro atoms. The summed E-state index contributed by atoms with van der Waals surface area (Å²) in [4.78, 5) is 25.2. The molecule has 2 atom stereocenters. The molecular formula is C13H14N2O4. The monoisotopic (exact) mass is 262 g/mol. The van der Waals surface area contributed by atoms with Gasteiger partial charge in [0.25, 0.3) is 5.72 Å². The van der Waals surface area contributed by atoms with Gasteiger partial charge in [0, 0.05) is 17.7 Å². The van der Waals surface area contributed by atoms with Crippen LogP contribution in [0.3, 0.4) is 0 Å². The molecule has 2 amide bonds. The third-order valence-electron chi connectivity index (χ3n) is 3.75. The zero-order valence-corrected chi connectivity index (χ0v) is 10.4. The molecule has 6 heteroatoms. The molecule has 1 aromatic rings. The number of nitrogens with zero attached hydrogens (tertiary/aromatic N) is 1. The Morgan fingerprint density at radius 2 is 1.95 bits per heavy atom. The van der Waals surface area contributed by atoms with Crippen molar-refractivity contribution < 1.29 is 19.8 Å². The van der Waals surface area contributed by atoms with Gasteiger partial charge in [-0.3, -0.25) is 15.0 Å². The topological polar surface area (TPSA) is 89.9 Å². The minimum absolute atomic E-state index is 0.230. The minimum Gasteiger partial charge on any atom is -0.362 e. The Hall–Kier alpha value is -1.92. The van der Waals surface area contributed by atoms with Crippen molar-refractivity contribution in [1.29, 1.82) is 0 Å². The third-order valence-corrected chi connectivity index (χ3v) is 3.75. The highest BCUT2D eigenvalue weighted by atomic mass is 16.4. The van der Waals surface area contributed by atoms with Crippen molar-refractivity contribution in [3.63, 3.8) is 0 Å². The molecule has 0 radical (unpaired) electrons. The predicted molar refractivity (Wildman–Crippen MR) is 65.1 cm³/mol. The summed E-state index contributed by atoms with van der Waals surface area (Å²) in [5.41, 5.74) is -3.85. The van der Waals surface area contributed by atoms with E-state index in [2.05, 4.69) is 5.32 Å². The van der Waals surface area contributed by atoms with Crippen LogP contribution in [0.25, 0.3) is 0 Å². The minimum atomic E-state index is -2.30. The van der Waals surface area contributed by atoms with Crippen molar-refractivity contribution in [3.8, 4) is 0 Å². The Balaban J connectivity index is 2.25. The number of fused-ring (bicyclic) bond motifs is 3. The Morgan fingerprint density at radius 1 is 1.26 bits per heavy atom. The van der Waals surface area contributed by atoms with Crippen molar-refractivity contribution >= 4 is 11.8 Å². The number of carbonyl (C=O) groups excluding carboxylic acids is 2. The van der Waals surface area contributed by atoms with E-state index in [1.807, 2.05) is 6.92 Å². The molecule has 1 aliphatic carbocycles. The molecule has 1 fully saturated rings. The van der Waals surface area contributed by atoms with E-state index in [1.165, 1.54) is 6.07 Å². The van der Waals surface area contributed by atoms with Gasteiger partial charge in [-0.15, -0.1) is 0 Å². The highest BCUT2D eigenvalue weighted by Gasteiger charge is 2.71. The van der Waals surface area contributed by atoms with E-state index in [0.717, 1.165) is 4.90 Å². The zero-order chi connectivity index (χ0) is 13.8. The molecule has 2 aliphatic rings. The first kappa shape index (κ1) is 12.1. The van der Waals surface area contributed by atoms with Crippen LogP contribution in [0.5, 0.6) is 0 Å². The quantitative estimate of drug-likeness (QED) is 0.707. The van der Waals surface area contributed by atoms with Crippen molar-refractivity contribution in [2.24, 2.45) is 0 Å². The number of urea groups is 1. The lowest BCUT2D eigenvalue weighted by molar-refractivity contribution is -0.174. The summed E-state index contributed by atoms with van der Waals surface area (Å²) in [6.45, 7) is 2.09. The van der Waals surface area contributed by atoms with Gasteiger partial charge in [-0.05, 0) is 6.42 Å². The number of carbonyl (C=O) groups is 2. The molecule has 3 N–H and O–H groups in total. The number of aliphatic hydroxyl groups is 2. The lowest BCUT2D eigenvalue weighted by Gasteiger charge is -2.34. The van der Waals surface area contributed by atoms with Crippen LogP contribution in [0, 0.1) is 0 Å². The van der Waals surface area contributed by atoms with Gasteiger partial charge in [0.05, 0.1) is 0 Å². The Bertz CT molecular complexity index is 588. The number of benzene rings is 1. The fourth-order valence-corrected chi connectivity index (χ4v) is 2.87. The summed E-state index contributed by atoms with van der Waals surface area (Å²) < 4.78 is 0. The molecule has 0 saturated carbocycles. The van der Waals surface area contributed by atoms with Gasteiger partial charge in [0.1, 0.15) is 0 Å². The van der Waals surface area contributed by atoms with Gasteiger partial charge in [-0.1, -0.05) is 31.2 Å². The van der Waals surface area contributed by atoms with Gasteiger partial charge < -0.3 is 10.2 Å². The first-order valence-electron chi connectivity index (χ1n) is 6.15. The molecule has 100 valence electrons. The first-order valence-corrected chi connectivity index (χ1v) is 6.15. The van der Waals surface area contributed by atoms with Gasteiger partial charge >= 0.3 is 6.03 Å². The highest BCUT2D eigenvalue weighted by Crippen LogP contribution is 2.48. The normalized spacial score (nSPS) is 32.3. The standard InChI is InChI=1S/C13H14N2O4/c1-2-7-15-11(17)14-12(18)10(16)8-5-3-4-6-9(8)13(12,15)19/h3-6,18-19H,2,7H2,1H3,(H,14,17)/t12-,13-/m0/s1. The van der Waals surface area contributed by atoms with Crippen LogP contribution in [0.15, 0.2) is 24.3 Å². The van der Waals surface area contributed by atoms with Crippen LogP contribution in [-0.2, 0) is 5.72 Å². The smallest absolute Gasteiger partial charge is 0.322 e. The van der Waals surface area contributed by atoms with Gasteiger partial charge in [0.15, 0.2) is 0 Å². The number of amides is 2. The fourth-order valence-electron chi connectivity index (χ4n) is 2.87. The molecule has 1 heterocycles. The number of rotatable bonds is 2. The summed E-state index contributed by atoms with van der Waals surface area (Å²) in [6, 6.07) is 5.74. The number of hydrogen-bond acceptors (Lipinski definition) is 4. The molecule has 0 unspecified atom stereocenters. The first-order chi connectivity index (χ1) is 8.96. The maximum absolute atomic E-state index is 12.2. The van der Waals surface area contributed by atoms with Crippen molar-refractivity contribution in [3.05, 3.63) is 35.4 Å². The largest absolute Gasteiger partial charge is 0.362 e. The summed E-state index contributed by atoms with van der Waals surface area (Å²) in [7, 11) is 0. The SMILES string of the molecule is CCCN1C(=O)N[C@]2(O)C(=O)c3ccccc3[C@@]12O. The summed E-state index contributed by atoms with van der Waals surface area (Å²) in [6.07, 6.45) is 0.599. The number of hydrogen-bond donors (Lipinski definition) is 3. The highest BCUT2D eigenvalue weighted by molar-refractivity contribution is 6.11. The summed E-state index contributed by atoms with van der Waals surface area (Å²) in [5.74, 6) is -0.683. The molecule has 19 heavy (non-hydrogen) atoms. The number of Topliss-reactive ketones (excluding diaryl/α,β-unsaturated/α-hetero) is 1. The summed E-state index contributed by atoms with van der Waals surface area (Å²) in [5, 5.41) is 23.5. The molecule has 1 saturated heterocycles. The van der Waals surface area contributed by atoms with E-state index in [1.54, 1.807) is 18.2 Å². The maximum atomic E-state index is 12.2. The summed E-state index contributed by atoms with van der Waals surface area (Å²) >= 11 is 0. The second-order valence-corrected chi connectivity index (χ2v) is 4.84. The van der Waals surface area contributed by atoms with Crippen LogP contribution < -0.4 is 5.32 Å². The molecule has 1 aromatic carbocycles. The van der Waals surface area contributed by atoms with E-state index in [9.17, 15) is 19.8 Å². The third kappa shape index (κ3) is 1.18. The van der Waals surface area contributed by atoms with Crippen LogP contribution >= 0.6 is 0 Å². The van der Waals surface area contributed by atoms with Crippen LogP contribution in [-0.4, -0.2) is 39.2 Å². The second-order valence-electron chi connectivity index (χ2n) is 4.84. The van der Waals surface area contributed by atoms with Crippen LogP contribution in [0.2, 0.25) is 0 Å². The Kier molecular flexibility index (Phi) is 2.27. The molecule has 0 bridgehead atoms. The molecule has 6 nitrogen and oxygen atoms in total. The molecule has 0 aromatic heterocycles. The fraction of sp³-hybridized carbons (Fsp3) is 0.385.